The first kappa shape index (κ1) is 28.6. The predicted octanol–water partition coefficient (Wildman–Crippen LogP) is 1.06. The predicted molar refractivity (Wildman–Crippen MR) is 153 cm³/mol. The monoisotopic (exact) mass is 593 g/mol. The van der Waals surface area contributed by atoms with Gasteiger partial charge in [-0.2, -0.15) is 5.10 Å². The molecule has 0 spiro atoms. The van der Waals surface area contributed by atoms with Gasteiger partial charge < -0.3 is 25.2 Å². The number of amides is 3. The smallest absolute Gasteiger partial charge is 0.347 e. The number of fused-ring (bicyclic) bond motifs is 2. The van der Waals surface area contributed by atoms with Crippen molar-refractivity contribution in [1.82, 2.24) is 34.7 Å². The van der Waals surface area contributed by atoms with Crippen LogP contribution in [0.3, 0.4) is 0 Å². The number of aromatic hydroxyl groups is 1. The Bertz CT molecular complexity index is 1830. The molecule has 218 valence electrons. The van der Waals surface area contributed by atoms with Crippen molar-refractivity contribution in [2.24, 2.45) is 0 Å². The highest BCUT2D eigenvalue weighted by Crippen LogP contribution is 2.23. The van der Waals surface area contributed by atoms with Gasteiger partial charge in [-0.05, 0) is 43.7 Å². The second-order valence-electron chi connectivity index (χ2n) is 10.2. The van der Waals surface area contributed by atoms with Gasteiger partial charge in [0, 0.05) is 48.5 Å². The molecule has 13 nitrogen and oxygen atoms in total. The van der Waals surface area contributed by atoms with Crippen molar-refractivity contribution in [2.45, 2.75) is 45.4 Å². The normalized spacial score (nSPS) is 13.7. The molecule has 4 heterocycles. The van der Waals surface area contributed by atoms with E-state index in [-0.39, 0.29) is 30.3 Å². The fourth-order valence-electron chi connectivity index (χ4n) is 4.93. The molecule has 0 aliphatic carbocycles. The minimum Gasteiger partial charge on any atom is -0.503 e. The molecular weight excluding hydrogens is 566 g/mol. The Balaban J connectivity index is 1.40. The number of carbonyl (C=O) groups excluding carboxylic acids is 3. The van der Waals surface area contributed by atoms with Crippen LogP contribution >= 0.6 is 11.6 Å². The number of aromatic amines is 1. The van der Waals surface area contributed by atoms with Gasteiger partial charge in [-0.3, -0.25) is 19.2 Å². The summed E-state index contributed by atoms with van der Waals surface area (Å²) >= 11 is 6.13. The lowest BCUT2D eigenvalue weighted by Gasteiger charge is -2.34. The van der Waals surface area contributed by atoms with Crippen LogP contribution in [0.1, 0.15) is 46.0 Å². The molecule has 0 fully saturated rings. The molecular formula is C28H28ClN7O6. The lowest BCUT2D eigenvalue weighted by atomic mass is 10.0. The molecule has 3 amide bonds. The Kier molecular flexibility index (Phi) is 7.85. The number of H-pyrrole nitrogens is 1. The van der Waals surface area contributed by atoms with E-state index >= 15 is 0 Å². The molecule has 1 aliphatic rings. The van der Waals surface area contributed by atoms with Crippen molar-refractivity contribution in [3.05, 3.63) is 96.9 Å². The molecule has 1 aromatic carbocycles. The standard InChI is InChI=1S/C28H28ClN7O6/c1-15(2)34-8-9-35-19(12-21(37)24(38)23(35)27(34)41)13-30-26(40)20(11-16-4-3-5-18(29)10-16)31-25(39)17-6-7-22-32-33-28(42)36(22)14-17/h3-7,10,12,14-15,20,38H,8-9,11,13H2,1-2H3,(H,30,40)(H,31,39)(H,33,42). The summed E-state index contributed by atoms with van der Waals surface area (Å²) in [6.45, 7) is 4.22. The van der Waals surface area contributed by atoms with Crippen LogP contribution in [0, 0.1) is 0 Å². The van der Waals surface area contributed by atoms with E-state index in [2.05, 4.69) is 20.8 Å². The van der Waals surface area contributed by atoms with Crippen LogP contribution < -0.4 is 21.8 Å². The maximum Gasteiger partial charge on any atom is 0.347 e. The van der Waals surface area contributed by atoms with Gasteiger partial charge in [0.2, 0.25) is 11.3 Å². The van der Waals surface area contributed by atoms with Crippen molar-refractivity contribution < 1.29 is 19.5 Å². The van der Waals surface area contributed by atoms with Crippen molar-refractivity contribution in [3.63, 3.8) is 0 Å². The zero-order chi connectivity index (χ0) is 30.1. The van der Waals surface area contributed by atoms with Crippen LogP contribution in [0.5, 0.6) is 5.75 Å². The first-order valence-electron chi connectivity index (χ1n) is 13.2. The van der Waals surface area contributed by atoms with Gasteiger partial charge in [-0.1, -0.05) is 23.7 Å². The number of hydrogen-bond acceptors (Lipinski definition) is 7. The molecule has 4 N–H and O–H groups in total. The number of rotatable bonds is 8. The third kappa shape index (κ3) is 5.63. The third-order valence-corrected chi connectivity index (χ3v) is 7.33. The maximum atomic E-state index is 13.5. The molecule has 1 unspecified atom stereocenters. The number of nitrogens with one attached hydrogen (secondary N) is 3. The molecule has 1 aliphatic heterocycles. The van der Waals surface area contributed by atoms with Crippen LogP contribution in [0.4, 0.5) is 0 Å². The Morgan fingerprint density at radius 1 is 1.12 bits per heavy atom. The average molecular weight is 594 g/mol. The first-order valence-corrected chi connectivity index (χ1v) is 13.6. The molecule has 1 atom stereocenters. The average Bonchev–Trinajstić information content (AvgIpc) is 3.33. The summed E-state index contributed by atoms with van der Waals surface area (Å²) in [7, 11) is 0. The Labute approximate surface area is 243 Å². The summed E-state index contributed by atoms with van der Waals surface area (Å²) in [4.78, 5) is 65.8. The molecule has 5 rings (SSSR count). The zero-order valence-corrected chi connectivity index (χ0v) is 23.5. The Morgan fingerprint density at radius 3 is 2.64 bits per heavy atom. The van der Waals surface area contributed by atoms with Crippen LogP contribution in [-0.4, -0.2) is 65.5 Å². The molecule has 14 heteroatoms. The Hall–Kier alpha value is -4.91. The van der Waals surface area contributed by atoms with E-state index in [0.717, 1.165) is 0 Å². The minimum absolute atomic E-state index is 0.0848. The van der Waals surface area contributed by atoms with Gasteiger partial charge in [0.15, 0.2) is 17.1 Å². The summed E-state index contributed by atoms with van der Waals surface area (Å²) in [6.07, 6.45) is 1.40. The van der Waals surface area contributed by atoms with Crippen molar-refractivity contribution >= 4 is 35.0 Å². The van der Waals surface area contributed by atoms with E-state index in [1.807, 2.05) is 13.8 Å². The van der Waals surface area contributed by atoms with Crippen LogP contribution in [0.2, 0.25) is 5.02 Å². The molecule has 0 saturated heterocycles. The summed E-state index contributed by atoms with van der Waals surface area (Å²) in [5, 5.41) is 22.5. The number of hydrogen-bond donors (Lipinski definition) is 4. The quantitative estimate of drug-likeness (QED) is 0.237. The number of carbonyl (C=O) groups is 3. The van der Waals surface area contributed by atoms with Gasteiger partial charge in [0.25, 0.3) is 11.8 Å². The van der Waals surface area contributed by atoms with E-state index in [0.29, 0.717) is 35.0 Å². The molecule has 3 aromatic heterocycles. The summed E-state index contributed by atoms with van der Waals surface area (Å²) in [5.74, 6) is -2.28. The molecule has 0 bridgehead atoms. The van der Waals surface area contributed by atoms with E-state index < -0.39 is 40.6 Å². The molecule has 42 heavy (non-hydrogen) atoms. The second-order valence-corrected chi connectivity index (χ2v) is 10.6. The van der Waals surface area contributed by atoms with Crippen molar-refractivity contribution in [2.75, 3.05) is 6.54 Å². The van der Waals surface area contributed by atoms with Crippen LogP contribution in [0.25, 0.3) is 5.65 Å². The first-order chi connectivity index (χ1) is 20.0. The van der Waals surface area contributed by atoms with Gasteiger partial charge in [-0.25, -0.2) is 14.3 Å². The van der Waals surface area contributed by atoms with Gasteiger partial charge in [0.05, 0.1) is 12.1 Å². The van der Waals surface area contributed by atoms with Crippen molar-refractivity contribution in [1.29, 1.82) is 0 Å². The lowest BCUT2D eigenvalue weighted by molar-refractivity contribution is -0.123. The summed E-state index contributed by atoms with van der Waals surface area (Å²) in [5.41, 5.74) is 0.0842. The molecule has 0 radical (unpaired) electrons. The highest BCUT2D eigenvalue weighted by atomic mass is 35.5. The number of nitrogens with zero attached hydrogens (tertiary/aromatic N) is 4. The maximum absolute atomic E-state index is 13.5. The van der Waals surface area contributed by atoms with Gasteiger partial charge >= 0.3 is 5.69 Å². The fourth-order valence-corrected chi connectivity index (χ4v) is 5.15. The van der Waals surface area contributed by atoms with Crippen LogP contribution in [-0.2, 0) is 24.3 Å². The molecule has 0 saturated carbocycles. The van der Waals surface area contributed by atoms with Gasteiger partial charge in [0.1, 0.15) is 6.04 Å². The van der Waals surface area contributed by atoms with E-state index in [1.165, 1.54) is 33.4 Å². The summed E-state index contributed by atoms with van der Waals surface area (Å²) < 4.78 is 2.70. The minimum atomic E-state index is -1.07. The lowest BCUT2D eigenvalue weighted by Crippen LogP contribution is -2.49. The van der Waals surface area contributed by atoms with Crippen LogP contribution in [0.15, 0.2) is 58.3 Å². The second kappa shape index (κ2) is 11.5. The SMILES string of the molecule is CC(C)N1CCn2c(CNC(=O)C(Cc3cccc(Cl)c3)NC(=O)c3ccc4n[nH]c(=O)n4c3)cc(=O)c(O)c2C1=O. The largest absolute Gasteiger partial charge is 0.503 e. The Morgan fingerprint density at radius 2 is 1.90 bits per heavy atom. The fraction of sp³-hybridized carbons (Fsp3) is 0.286. The van der Waals surface area contributed by atoms with Crippen molar-refractivity contribution in [3.8, 4) is 5.75 Å². The zero-order valence-electron chi connectivity index (χ0n) is 22.8. The number of pyridine rings is 2. The van der Waals surface area contributed by atoms with E-state index in [1.54, 1.807) is 29.2 Å². The highest BCUT2D eigenvalue weighted by Gasteiger charge is 2.31. The molecule has 4 aromatic rings. The topological polar surface area (TPSA) is 171 Å². The number of benzene rings is 1. The van der Waals surface area contributed by atoms with Gasteiger partial charge in [-0.15, -0.1) is 0 Å². The third-order valence-electron chi connectivity index (χ3n) is 7.09. The van der Waals surface area contributed by atoms with E-state index in [4.69, 9.17) is 11.6 Å². The number of aromatic nitrogens is 4. The summed E-state index contributed by atoms with van der Waals surface area (Å²) in [6, 6.07) is 9.79. The number of halogens is 1. The highest BCUT2D eigenvalue weighted by molar-refractivity contribution is 6.30. The van der Waals surface area contributed by atoms with E-state index in [9.17, 15) is 29.1 Å².